The molecule has 4 aromatic carbocycles. The molecule has 220 valence electrons. The third kappa shape index (κ3) is 6.62. The molecule has 1 unspecified atom stereocenters. The number of fused-ring (bicyclic) bond motifs is 3. The largest absolute Gasteiger partial charge is 0.455 e. The van der Waals surface area contributed by atoms with Gasteiger partial charge in [-0.15, -0.1) is 0 Å². The molecule has 0 saturated heterocycles. The van der Waals surface area contributed by atoms with Crippen LogP contribution in [0.2, 0.25) is 0 Å². The molecule has 0 saturated carbocycles. The van der Waals surface area contributed by atoms with E-state index < -0.39 is 0 Å². The fourth-order valence-electron chi connectivity index (χ4n) is 5.54. The summed E-state index contributed by atoms with van der Waals surface area (Å²) in [5.41, 5.74) is 15.2. The second kappa shape index (κ2) is 13.7. The quantitative estimate of drug-likeness (QED) is 0.0735. The zero-order valence-electron chi connectivity index (χ0n) is 25.2. The maximum Gasteiger partial charge on any atom is 0.143 e. The fourth-order valence-corrected chi connectivity index (χ4v) is 5.54. The second-order valence-corrected chi connectivity index (χ2v) is 10.8. The number of hydrogen-bond acceptors (Lipinski definition) is 3. The lowest BCUT2D eigenvalue weighted by Gasteiger charge is -2.23. The van der Waals surface area contributed by atoms with Gasteiger partial charge in [-0.1, -0.05) is 146 Å². The average Bonchev–Trinajstić information content (AvgIpc) is 3.50. The van der Waals surface area contributed by atoms with Crippen LogP contribution in [0.1, 0.15) is 35.2 Å². The molecule has 5 aromatic rings. The number of benzene rings is 4. The first-order chi connectivity index (χ1) is 22.1. The van der Waals surface area contributed by atoms with Gasteiger partial charge in [-0.25, -0.2) is 5.43 Å². The molecule has 45 heavy (non-hydrogen) atoms. The van der Waals surface area contributed by atoms with Crippen molar-refractivity contribution in [1.82, 2.24) is 10.9 Å². The van der Waals surface area contributed by atoms with Gasteiger partial charge in [0.2, 0.25) is 0 Å². The van der Waals surface area contributed by atoms with E-state index in [9.17, 15) is 0 Å². The molecule has 0 fully saturated rings. The van der Waals surface area contributed by atoms with Crippen LogP contribution in [0, 0.1) is 5.41 Å². The summed E-state index contributed by atoms with van der Waals surface area (Å²) in [5, 5.41) is 10.8. The topological polar surface area (TPSA) is 61.0 Å². The highest BCUT2D eigenvalue weighted by atomic mass is 16.3. The first-order valence-electron chi connectivity index (χ1n) is 15.0. The van der Waals surface area contributed by atoms with Crippen LogP contribution >= 0.6 is 0 Å². The molecule has 4 heteroatoms. The Labute approximate surface area is 264 Å². The van der Waals surface area contributed by atoms with E-state index in [1.165, 1.54) is 0 Å². The number of rotatable bonds is 8. The van der Waals surface area contributed by atoms with Crippen molar-refractivity contribution in [3.05, 3.63) is 198 Å². The van der Waals surface area contributed by atoms with Crippen molar-refractivity contribution in [3.8, 4) is 0 Å². The third-order valence-corrected chi connectivity index (χ3v) is 7.68. The van der Waals surface area contributed by atoms with Crippen molar-refractivity contribution in [1.29, 1.82) is 5.41 Å². The number of nitrogens with one attached hydrogen (secondary N) is 3. The Morgan fingerprint density at radius 1 is 0.822 bits per heavy atom. The van der Waals surface area contributed by atoms with Crippen LogP contribution in [0.15, 0.2) is 180 Å². The van der Waals surface area contributed by atoms with E-state index in [1.54, 1.807) is 0 Å². The molecule has 0 amide bonds. The predicted molar refractivity (Wildman–Crippen MR) is 189 cm³/mol. The highest BCUT2D eigenvalue weighted by Gasteiger charge is 2.23. The average molecular weight is 586 g/mol. The van der Waals surface area contributed by atoms with E-state index in [0.717, 1.165) is 60.9 Å². The first-order valence-corrected chi connectivity index (χ1v) is 15.0. The normalized spacial score (nSPS) is 18.1. The summed E-state index contributed by atoms with van der Waals surface area (Å²) in [7, 11) is 0. The van der Waals surface area contributed by atoms with Crippen LogP contribution in [0.5, 0.6) is 0 Å². The van der Waals surface area contributed by atoms with Gasteiger partial charge >= 0.3 is 0 Å². The van der Waals surface area contributed by atoms with Gasteiger partial charge in [-0.2, -0.15) is 0 Å². The molecular weight excluding hydrogens is 550 g/mol. The molecule has 1 atom stereocenters. The minimum Gasteiger partial charge on any atom is -0.455 e. The molecule has 3 N–H and O–H groups in total. The van der Waals surface area contributed by atoms with Crippen LogP contribution in [-0.2, 0) is 0 Å². The summed E-state index contributed by atoms with van der Waals surface area (Å²) in [4.78, 5) is 0. The molecule has 4 nitrogen and oxygen atoms in total. The minimum atomic E-state index is -0.275. The van der Waals surface area contributed by atoms with Crippen molar-refractivity contribution in [2.75, 3.05) is 0 Å². The Morgan fingerprint density at radius 3 is 2.36 bits per heavy atom. The maximum absolute atomic E-state index is 8.70. The van der Waals surface area contributed by atoms with E-state index in [-0.39, 0.29) is 6.04 Å². The molecule has 6 rings (SSSR count). The van der Waals surface area contributed by atoms with E-state index in [2.05, 4.69) is 72.1 Å². The van der Waals surface area contributed by atoms with Gasteiger partial charge < -0.3 is 9.84 Å². The molecule has 1 aromatic heterocycles. The Morgan fingerprint density at radius 2 is 1.56 bits per heavy atom. The zero-order valence-corrected chi connectivity index (χ0v) is 25.2. The van der Waals surface area contributed by atoms with Crippen LogP contribution in [-0.4, -0.2) is 5.84 Å². The van der Waals surface area contributed by atoms with Crippen LogP contribution in [0.25, 0.3) is 27.5 Å². The smallest absolute Gasteiger partial charge is 0.143 e. The number of para-hydroxylation sites is 1. The summed E-state index contributed by atoms with van der Waals surface area (Å²) >= 11 is 0. The molecule has 1 aliphatic carbocycles. The molecule has 0 spiro atoms. The number of furan rings is 1. The molecule has 0 aliphatic heterocycles. The second-order valence-electron chi connectivity index (χ2n) is 10.8. The Balaban J connectivity index is 1.52. The summed E-state index contributed by atoms with van der Waals surface area (Å²) in [5.74, 6) is 0.294. The van der Waals surface area contributed by atoms with Crippen molar-refractivity contribution in [3.63, 3.8) is 0 Å². The number of amidine groups is 1. The zero-order chi connectivity index (χ0) is 31.0. The van der Waals surface area contributed by atoms with Gasteiger partial charge in [-0.3, -0.25) is 5.41 Å². The van der Waals surface area contributed by atoms with Crippen LogP contribution < -0.4 is 10.9 Å². The van der Waals surface area contributed by atoms with Gasteiger partial charge in [0.05, 0.1) is 6.04 Å². The molecule has 1 aliphatic rings. The van der Waals surface area contributed by atoms with E-state index in [0.29, 0.717) is 5.84 Å². The Bertz CT molecular complexity index is 2040. The van der Waals surface area contributed by atoms with E-state index >= 15 is 0 Å². The third-order valence-electron chi connectivity index (χ3n) is 7.68. The predicted octanol–water partition coefficient (Wildman–Crippen LogP) is 9.92. The standard InChI is InChI=1S/C41H35N3O/c1-3-4-7-17-30-27-29(2)16-12-13-22-33(28-30)34-25-26-36(38-35-23-14-15-24-37(35)45-40(34)38)39(31-18-8-5-9-19-31)43-44-41(42)32-20-10-6-11-21-32/h3-28,39,43H,2H2,1H3,(H2,42,44)/b4-3-,16-12-,17-7-,22-13-,30-27-,33-28+. The van der Waals surface area contributed by atoms with Gasteiger partial charge in [0.15, 0.2) is 0 Å². The van der Waals surface area contributed by atoms with Crippen molar-refractivity contribution < 1.29 is 4.42 Å². The SMILES string of the molecule is C=C1\C=C/C=C\C(c2ccc(C(NNC(=N)c3ccccc3)c3ccccc3)c3c2oc2ccccc23)=C/C(/C=C\C=C/C)=C\1. The number of hydrazine groups is 1. The lowest BCUT2D eigenvalue weighted by Crippen LogP contribution is -2.40. The van der Waals surface area contributed by atoms with Gasteiger partial charge in [0.1, 0.15) is 17.0 Å². The van der Waals surface area contributed by atoms with E-state index in [4.69, 9.17) is 9.83 Å². The Hall–Kier alpha value is -5.71. The number of allylic oxidation sites excluding steroid dienone is 13. The van der Waals surface area contributed by atoms with Gasteiger partial charge in [-0.05, 0) is 53.0 Å². The van der Waals surface area contributed by atoms with Crippen LogP contribution in [0.4, 0.5) is 0 Å². The van der Waals surface area contributed by atoms with Gasteiger partial charge in [0.25, 0.3) is 0 Å². The summed E-state index contributed by atoms with van der Waals surface area (Å²) in [6.45, 7) is 6.20. The van der Waals surface area contributed by atoms with Crippen molar-refractivity contribution in [2.45, 2.75) is 13.0 Å². The maximum atomic E-state index is 8.70. The summed E-state index contributed by atoms with van der Waals surface area (Å²) in [6, 6.07) is 32.2. The lowest BCUT2D eigenvalue weighted by atomic mass is 9.91. The molecule has 1 heterocycles. The molecular formula is C41H35N3O. The van der Waals surface area contributed by atoms with Crippen molar-refractivity contribution in [2.24, 2.45) is 0 Å². The molecule has 0 radical (unpaired) electrons. The first kappa shape index (κ1) is 29.4. The molecule has 0 bridgehead atoms. The Kier molecular flexibility index (Phi) is 8.95. The fraction of sp³-hybridized carbons (Fsp3) is 0.0488. The summed E-state index contributed by atoms with van der Waals surface area (Å²) < 4.78 is 6.67. The minimum absolute atomic E-state index is 0.275. The highest BCUT2D eigenvalue weighted by molar-refractivity contribution is 6.11. The highest BCUT2D eigenvalue weighted by Crippen LogP contribution is 2.40. The van der Waals surface area contributed by atoms with E-state index in [1.807, 2.05) is 110 Å². The lowest BCUT2D eigenvalue weighted by molar-refractivity contribution is 0.574. The van der Waals surface area contributed by atoms with Gasteiger partial charge in [0, 0.05) is 21.9 Å². The monoisotopic (exact) mass is 585 g/mol. The van der Waals surface area contributed by atoms with Crippen LogP contribution in [0.3, 0.4) is 0 Å². The number of hydrogen-bond donors (Lipinski definition) is 3. The summed E-state index contributed by atoms with van der Waals surface area (Å²) in [6.07, 6.45) is 20.6. The van der Waals surface area contributed by atoms with Crippen molar-refractivity contribution >= 4 is 33.3 Å².